The molecule has 1 aliphatic heterocycles. The van der Waals surface area contributed by atoms with Crippen molar-refractivity contribution in [2.45, 2.75) is 32.2 Å². The number of aliphatic hydroxyl groups excluding tert-OH is 1. The summed E-state index contributed by atoms with van der Waals surface area (Å²) in [5.74, 6) is 1.56. The van der Waals surface area contributed by atoms with E-state index in [1.807, 2.05) is 20.0 Å². The van der Waals surface area contributed by atoms with Crippen molar-refractivity contribution in [1.82, 2.24) is 9.97 Å². The first kappa shape index (κ1) is 12.1. The van der Waals surface area contributed by atoms with Crippen molar-refractivity contribution in [3.63, 3.8) is 0 Å². The Hall–Kier alpha value is -1.36. The van der Waals surface area contributed by atoms with Gasteiger partial charge in [0.25, 0.3) is 0 Å². The molecule has 1 aromatic heterocycles. The monoisotopic (exact) mass is 236 g/mol. The van der Waals surface area contributed by atoms with Crippen molar-refractivity contribution >= 4 is 11.8 Å². The summed E-state index contributed by atoms with van der Waals surface area (Å²) in [5.41, 5.74) is 0.946. The molecule has 1 aromatic rings. The van der Waals surface area contributed by atoms with Gasteiger partial charge in [-0.05, 0) is 26.2 Å². The highest BCUT2D eigenvalue weighted by Gasteiger charge is 2.23. The number of aromatic nitrogens is 2. The van der Waals surface area contributed by atoms with Crippen LogP contribution in [-0.2, 0) is 0 Å². The van der Waals surface area contributed by atoms with E-state index >= 15 is 0 Å². The van der Waals surface area contributed by atoms with E-state index in [-0.39, 0.29) is 12.6 Å². The number of piperidine rings is 1. The molecule has 0 bridgehead atoms. The Morgan fingerprint density at radius 3 is 3.00 bits per heavy atom. The summed E-state index contributed by atoms with van der Waals surface area (Å²) in [6, 6.07) is 2.18. The topological polar surface area (TPSA) is 61.3 Å². The maximum absolute atomic E-state index is 9.42. The van der Waals surface area contributed by atoms with Crippen LogP contribution >= 0.6 is 0 Å². The first-order chi connectivity index (χ1) is 8.24. The lowest BCUT2D eigenvalue weighted by molar-refractivity contribution is 0.239. The molecule has 0 spiro atoms. The number of hydrogen-bond acceptors (Lipinski definition) is 5. The molecule has 2 heterocycles. The van der Waals surface area contributed by atoms with Crippen LogP contribution in [0.2, 0.25) is 0 Å². The average Bonchev–Trinajstić information content (AvgIpc) is 2.37. The summed E-state index contributed by atoms with van der Waals surface area (Å²) >= 11 is 0. The van der Waals surface area contributed by atoms with Gasteiger partial charge in [0, 0.05) is 25.4 Å². The van der Waals surface area contributed by atoms with Gasteiger partial charge in [0.1, 0.15) is 5.82 Å². The molecule has 1 atom stereocenters. The van der Waals surface area contributed by atoms with E-state index in [1.54, 1.807) is 0 Å². The highest BCUT2D eigenvalue weighted by atomic mass is 16.3. The molecular weight excluding hydrogens is 216 g/mol. The summed E-state index contributed by atoms with van der Waals surface area (Å²) in [6.07, 6.45) is 3.38. The summed E-state index contributed by atoms with van der Waals surface area (Å²) in [7, 11) is 1.82. The Morgan fingerprint density at radius 1 is 1.47 bits per heavy atom. The third-order valence-corrected chi connectivity index (χ3v) is 3.20. The van der Waals surface area contributed by atoms with Crippen LogP contribution in [0.5, 0.6) is 0 Å². The molecule has 5 nitrogen and oxygen atoms in total. The highest BCUT2D eigenvalue weighted by molar-refractivity contribution is 5.45. The largest absolute Gasteiger partial charge is 0.394 e. The van der Waals surface area contributed by atoms with Crippen molar-refractivity contribution < 1.29 is 5.11 Å². The van der Waals surface area contributed by atoms with E-state index in [2.05, 4.69) is 20.2 Å². The third-order valence-electron chi connectivity index (χ3n) is 3.20. The number of anilines is 2. The van der Waals surface area contributed by atoms with Crippen molar-refractivity contribution in [1.29, 1.82) is 0 Å². The van der Waals surface area contributed by atoms with E-state index in [0.29, 0.717) is 5.95 Å². The smallest absolute Gasteiger partial charge is 0.224 e. The van der Waals surface area contributed by atoms with Gasteiger partial charge in [-0.15, -0.1) is 0 Å². The number of aryl methyl sites for hydroxylation is 1. The molecule has 5 heteroatoms. The van der Waals surface area contributed by atoms with Crippen LogP contribution in [0.25, 0.3) is 0 Å². The molecular formula is C12H20N4O. The Balaban J connectivity index is 2.27. The van der Waals surface area contributed by atoms with Crippen LogP contribution in [0, 0.1) is 6.92 Å². The summed E-state index contributed by atoms with van der Waals surface area (Å²) < 4.78 is 0. The maximum Gasteiger partial charge on any atom is 0.224 e. The molecule has 1 fully saturated rings. The second-order valence-electron chi connectivity index (χ2n) is 4.47. The van der Waals surface area contributed by atoms with Gasteiger partial charge in [-0.1, -0.05) is 0 Å². The second-order valence-corrected chi connectivity index (χ2v) is 4.47. The SMILES string of the molecule is CNc1nc(C)cc(N2CCCCC2CO)n1. The lowest BCUT2D eigenvalue weighted by Crippen LogP contribution is -2.42. The minimum Gasteiger partial charge on any atom is -0.394 e. The molecule has 17 heavy (non-hydrogen) atoms. The zero-order chi connectivity index (χ0) is 12.3. The second kappa shape index (κ2) is 5.31. The molecule has 0 aliphatic carbocycles. The zero-order valence-electron chi connectivity index (χ0n) is 10.5. The Labute approximate surface area is 102 Å². The zero-order valence-corrected chi connectivity index (χ0v) is 10.5. The van der Waals surface area contributed by atoms with Crippen molar-refractivity contribution in [2.75, 3.05) is 30.4 Å². The van der Waals surface area contributed by atoms with Crippen molar-refractivity contribution in [2.24, 2.45) is 0 Å². The molecule has 2 N–H and O–H groups in total. The fourth-order valence-corrected chi connectivity index (χ4v) is 2.30. The standard InChI is InChI=1S/C12H20N4O/c1-9-7-11(15-12(13-2)14-9)16-6-4-3-5-10(16)8-17/h7,10,17H,3-6,8H2,1-2H3,(H,13,14,15). The van der Waals surface area contributed by atoms with Gasteiger partial charge in [-0.3, -0.25) is 0 Å². The van der Waals surface area contributed by atoms with Crippen LogP contribution in [0.1, 0.15) is 25.0 Å². The lowest BCUT2D eigenvalue weighted by atomic mass is 10.0. The fourth-order valence-electron chi connectivity index (χ4n) is 2.30. The Morgan fingerprint density at radius 2 is 2.29 bits per heavy atom. The fraction of sp³-hybridized carbons (Fsp3) is 0.667. The van der Waals surface area contributed by atoms with Gasteiger partial charge in [0.2, 0.25) is 5.95 Å². The quantitative estimate of drug-likeness (QED) is 0.825. The molecule has 1 unspecified atom stereocenters. The molecule has 1 saturated heterocycles. The van der Waals surface area contributed by atoms with Crippen LogP contribution < -0.4 is 10.2 Å². The van der Waals surface area contributed by atoms with Gasteiger partial charge in [0.15, 0.2) is 0 Å². The minimum atomic E-state index is 0.192. The highest BCUT2D eigenvalue weighted by Crippen LogP contribution is 2.24. The summed E-state index contributed by atoms with van der Waals surface area (Å²) in [5, 5.41) is 12.4. The van der Waals surface area contributed by atoms with Crippen LogP contribution in [0.4, 0.5) is 11.8 Å². The number of hydrogen-bond donors (Lipinski definition) is 2. The van der Waals surface area contributed by atoms with E-state index < -0.39 is 0 Å². The normalized spacial score (nSPS) is 20.4. The first-order valence-corrected chi connectivity index (χ1v) is 6.15. The molecule has 2 rings (SSSR count). The number of nitrogens with one attached hydrogen (secondary N) is 1. The number of rotatable bonds is 3. The third kappa shape index (κ3) is 2.66. The van der Waals surface area contributed by atoms with Crippen LogP contribution in [-0.4, -0.2) is 41.3 Å². The van der Waals surface area contributed by atoms with Crippen molar-refractivity contribution in [3.05, 3.63) is 11.8 Å². The Kier molecular flexibility index (Phi) is 3.78. The van der Waals surface area contributed by atoms with Crippen molar-refractivity contribution in [3.8, 4) is 0 Å². The van der Waals surface area contributed by atoms with Gasteiger partial charge in [0.05, 0.1) is 12.6 Å². The van der Waals surface area contributed by atoms with Gasteiger partial charge in [-0.2, -0.15) is 4.98 Å². The molecule has 0 radical (unpaired) electrons. The van der Waals surface area contributed by atoms with Crippen LogP contribution in [0.15, 0.2) is 6.07 Å². The molecule has 0 aromatic carbocycles. The van der Waals surface area contributed by atoms with Gasteiger partial charge >= 0.3 is 0 Å². The van der Waals surface area contributed by atoms with E-state index in [1.165, 1.54) is 6.42 Å². The lowest BCUT2D eigenvalue weighted by Gasteiger charge is -2.35. The van der Waals surface area contributed by atoms with E-state index in [9.17, 15) is 5.11 Å². The minimum absolute atomic E-state index is 0.192. The maximum atomic E-state index is 9.42. The van der Waals surface area contributed by atoms with E-state index in [0.717, 1.165) is 30.9 Å². The summed E-state index contributed by atoms with van der Waals surface area (Å²) in [4.78, 5) is 10.9. The molecule has 1 aliphatic rings. The summed E-state index contributed by atoms with van der Waals surface area (Å²) in [6.45, 7) is 3.12. The van der Waals surface area contributed by atoms with E-state index in [4.69, 9.17) is 0 Å². The molecule has 94 valence electrons. The van der Waals surface area contributed by atoms with Crippen LogP contribution in [0.3, 0.4) is 0 Å². The Bertz CT molecular complexity index is 383. The van der Waals surface area contributed by atoms with Gasteiger partial charge in [-0.25, -0.2) is 4.98 Å². The number of nitrogens with zero attached hydrogens (tertiary/aromatic N) is 3. The molecule has 0 saturated carbocycles. The predicted octanol–water partition coefficient (Wildman–Crippen LogP) is 1.18. The van der Waals surface area contributed by atoms with Gasteiger partial charge < -0.3 is 15.3 Å². The number of aliphatic hydroxyl groups is 1. The molecule has 0 amide bonds. The predicted molar refractivity (Wildman–Crippen MR) is 68.4 cm³/mol. The first-order valence-electron chi connectivity index (χ1n) is 6.15. The average molecular weight is 236 g/mol.